The van der Waals surface area contributed by atoms with Crippen LogP contribution in [0.25, 0.3) is 0 Å². The first-order chi connectivity index (χ1) is 14.9. The third kappa shape index (κ3) is 5.36. The molecule has 7 heteroatoms. The maximum atomic E-state index is 13.0. The van der Waals surface area contributed by atoms with Crippen LogP contribution in [0, 0.1) is 0 Å². The first kappa shape index (κ1) is 22.2. The summed E-state index contributed by atoms with van der Waals surface area (Å²) in [6, 6.07) is 12.0. The smallest absolute Gasteiger partial charge is 0.342 e. The van der Waals surface area contributed by atoms with Crippen LogP contribution in [0.2, 0.25) is 0 Å². The van der Waals surface area contributed by atoms with Gasteiger partial charge in [0.25, 0.3) is 5.78 Å². The van der Waals surface area contributed by atoms with Gasteiger partial charge in [-0.15, -0.1) is 0 Å². The molecule has 0 spiro atoms. The lowest BCUT2D eigenvalue weighted by Crippen LogP contribution is -2.24. The number of methoxy groups -OCH3 is 1. The van der Waals surface area contributed by atoms with Crippen molar-refractivity contribution in [2.75, 3.05) is 7.11 Å². The van der Waals surface area contributed by atoms with Gasteiger partial charge in [0, 0.05) is 18.9 Å². The van der Waals surface area contributed by atoms with Gasteiger partial charge in [-0.25, -0.2) is 4.79 Å². The molecule has 1 N–H and O–H groups in total. The average molecular weight is 424 g/mol. The summed E-state index contributed by atoms with van der Waals surface area (Å²) in [5.41, 5.74) is 1.18. The lowest BCUT2D eigenvalue weighted by Gasteiger charge is -2.20. The van der Waals surface area contributed by atoms with Crippen LogP contribution in [0.4, 0.5) is 0 Å². The Morgan fingerprint density at radius 2 is 1.61 bits per heavy atom. The summed E-state index contributed by atoms with van der Waals surface area (Å²) in [6.45, 7) is 0. The second-order valence-corrected chi connectivity index (χ2v) is 7.41. The molecule has 0 radical (unpaired) electrons. The zero-order valence-electron chi connectivity index (χ0n) is 17.3. The molecule has 2 aromatic carbocycles. The zero-order valence-corrected chi connectivity index (χ0v) is 17.3. The molecule has 0 aliphatic carbocycles. The molecule has 7 nitrogen and oxygen atoms in total. The Morgan fingerprint density at radius 1 is 0.935 bits per heavy atom. The quantitative estimate of drug-likeness (QED) is 0.581. The van der Waals surface area contributed by atoms with Crippen LogP contribution < -0.4 is 4.74 Å². The highest BCUT2D eigenvalue weighted by atomic mass is 16.5. The first-order valence-electron chi connectivity index (χ1n) is 10.2. The monoisotopic (exact) mass is 424 g/mol. The number of ketones is 3. The van der Waals surface area contributed by atoms with Crippen molar-refractivity contribution in [3.8, 4) is 11.5 Å². The third-order valence-corrected chi connectivity index (χ3v) is 5.26. The van der Waals surface area contributed by atoms with Gasteiger partial charge in [0.2, 0.25) is 11.6 Å². The number of carbonyl (C=O) groups is 4. The van der Waals surface area contributed by atoms with Gasteiger partial charge in [-0.05, 0) is 42.9 Å². The van der Waals surface area contributed by atoms with Gasteiger partial charge in [-0.3, -0.25) is 14.4 Å². The highest BCUT2D eigenvalue weighted by molar-refractivity contribution is 6.63. The number of phenolic OH excluding ortho intramolecular Hbond substituents is 1. The minimum absolute atomic E-state index is 0.00800. The van der Waals surface area contributed by atoms with E-state index in [4.69, 9.17) is 9.47 Å². The van der Waals surface area contributed by atoms with E-state index in [1.807, 2.05) is 6.07 Å². The van der Waals surface area contributed by atoms with E-state index in [0.717, 1.165) is 5.56 Å². The Morgan fingerprint density at radius 3 is 2.29 bits per heavy atom. The summed E-state index contributed by atoms with van der Waals surface area (Å²) >= 11 is 0. The van der Waals surface area contributed by atoms with E-state index in [1.54, 1.807) is 30.3 Å². The number of fused-ring (bicyclic) bond motifs is 1. The van der Waals surface area contributed by atoms with E-state index in [1.165, 1.54) is 13.2 Å². The van der Waals surface area contributed by atoms with Gasteiger partial charge in [-0.1, -0.05) is 30.3 Å². The summed E-state index contributed by atoms with van der Waals surface area (Å²) in [4.78, 5) is 49.3. The molecule has 1 atom stereocenters. The van der Waals surface area contributed by atoms with Crippen molar-refractivity contribution in [2.45, 2.75) is 44.6 Å². The standard InChI is InChI=1S/C24H24O7/c1-30-17-13-16-9-5-10-18(25)23(28)19(26)11-6-12-21(15-7-3-2-4-8-15)31-24(29)22(16)20(27)14-17/h2-4,7-8,13-14,21,27H,5-6,9-12H2,1H3. The maximum Gasteiger partial charge on any atom is 0.342 e. The fourth-order valence-corrected chi connectivity index (χ4v) is 3.63. The fraction of sp³-hybridized carbons (Fsp3) is 0.333. The average Bonchev–Trinajstić information content (AvgIpc) is 2.77. The number of aromatic hydroxyl groups is 1. The predicted octanol–water partition coefficient (Wildman–Crippen LogP) is 3.51. The van der Waals surface area contributed by atoms with Gasteiger partial charge < -0.3 is 14.6 Å². The molecule has 0 bridgehead atoms. The van der Waals surface area contributed by atoms with Crippen molar-refractivity contribution in [3.63, 3.8) is 0 Å². The van der Waals surface area contributed by atoms with Crippen LogP contribution in [-0.2, 0) is 25.5 Å². The Bertz CT molecular complexity index is 994. The molecule has 1 aliphatic rings. The lowest BCUT2D eigenvalue weighted by atomic mass is 9.96. The normalized spacial score (nSPS) is 18.7. The summed E-state index contributed by atoms with van der Waals surface area (Å²) in [5.74, 6) is -3.08. The van der Waals surface area contributed by atoms with Gasteiger partial charge in [0.15, 0.2) is 0 Å². The molecule has 31 heavy (non-hydrogen) atoms. The van der Waals surface area contributed by atoms with Gasteiger partial charge >= 0.3 is 5.97 Å². The van der Waals surface area contributed by atoms with Crippen LogP contribution in [0.1, 0.15) is 59.7 Å². The molecule has 0 amide bonds. The molecule has 0 saturated heterocycles. The summed E-state index contributed by atoms with van der Waals surface area (Å²) in [7, 11) is 1.43. The zero-order chi connectivity index (χ0) is 22.4. The minimum Gasteiger partial charge on any atom is -0.507 e. The van der Waals surface area contributed by atoms with E-state index < -0.39 is 29.4 Å². The third-order valence-electron chi connectivity index (χ3n) is 5.26. The van der Waals surface area contributed by atoms with E-state index >= 15 is 0 Å². The molecule has 1 heterocycles. The van der Waals surface area contributed by atoms with Crippen molar-refractivity contribution < 1.29 is 33.8 Å². The van der Waals surface area contributed by atoms with Crippen molar-refractivity contribution >= 4 is 23.3 Å². The number of aryl methyl sites for hydroxylation is 1. The molecule has 1 unspecified atom stereocenters. The van der Waals surface area contributed by atoms with Gasteiger partial charge in [-0.2, -0.15) is 0 Å². The summed E-state index contributed by atoms with van der Waals surface area (Å²) in [5, 5.41) is 10.5. The topological polar surface area (TPSA) is 107 Å². The number of phenols is 1. The number of benzene rings is 2. The molecule has 3 rings (SSSR count). The van der Waals surface area contributed by atoms with E-state index in [0.29, 0.717) is 11.3 Å². The number of esters is 1. The van der Waals surface area contributed by atoms with Crippen LogP contribution in [0.3, 0.4) is 0 Å². The second-order valence-electron chi connectivity index (χ2n) is 7.41. The highest BCUT2D eigenvalue weighted by Gasteiger charge is 2.27. The number of Topliss-reactive ketones (excluding diaryl/α,β-unsaturated/α-hetero) is 3. The fourth-order valence-electron chi connectivity index (χ4n) is 3.63. The largest absolute Gasteiger partial charge is 0.507 e. The molecule has 0 aromatic heterocycles. The van der Waals surface area contributed by atoms with Gasteiger partial charge in [0.1, 0.15) is 23.2 Å². The van der Waals surface area contributed by atoms with Crippen molar-refractivity contribution in [2.24, 2.45) is 0 Å². The van der Waals surface area contributed by atoms with Crippen LogP contribution in [0.15, 0.2) is 42.5 Å². The molecule has 162 valence electrons. The Balaban J connectivity index is 1.99. The van der Waals surface area contributed by atoms with Crippen molar-refractivity contribution in [1.29, 1.82) is 0 Å². The van der Waals surface area contributed by atoms with Crippen LogP contribution in [0.5, 0.6) is 11.5 Å². The first-order valence-corrected chi connectivity index (χ1v) is 10.2. The highest BCUT2D eigenvalue weighted by Crippen LogP contribution is 2.33. The Labute approximate surface area is 180 Å². The second kappa shape index (κ2) is 10.0. The van der Waals surface area contributed by atoms with E-state index in [9.17, 15) is 24.3 Å². The SMILES string of the molecule is COc1cc(O)c2c(c1)CCCC(=O)C(=O)C(=O)CCCC(c1ccccc1)OC2=O. The van der Waals surface area contributed by atoms with E-state index in [-0.39, 0.29) is 49.8 Å². The summed E-state index contributed by atoms with van der Waals surface area (Å²) in [6.07, 6.45) is 0.116. The number of hydrogen-bond donors (Lipinski definition) is 1. The van der Waals surface area contributed by atoms with Crippen LogP contribution in [-0.4, -0.2) is 35.5 Å². The Kier molecular flexibility index (Phi) is 7.18. The maximum absolute atomic E-state index is 13.0. The number of hydrogen-bond acceptors (Lipinski definition) is 7. The molecule has 1 aliphatic heterocycles. The van der Waals surface area contributed by atoms with Gasteiger partial charge in [0.05, 0.1) is 7.11 Å². The van der Waals surface area contributed by atoms with E-state index in [2.05, 4.69) is 0 Å². The number of ether oxygens (including phenoxy) is 2. The molecule has 0 fully saturated rings. The summed E-state index contributed by atoms with van der Waals surface area (Å²) < 4.78 is 10.9. The van der Waals surface area contributed by atoms with Crippen molar-refractivity contribution in [1.82, 2.24) is 0 Å². The molecular weight excluding hydrogens is 400 g/mol. The molecular formula is C24H24O7. The molecule has 2 aromatic rings. The number of rotatable bonds is 2. The number of cyclic esters (lactones) is 1. The number of carbonyl (C=O) groups excluding carboxylic acids is 4. The minimum atomic E-state index is -0.987. The van der Waals surface area contributed by atoms with Crippen LogP contribution >= 0.6 is 0 Å². The predicted molar refractivity (Wildman–Crippen MR) is 111 cm³/mol. The molecule has 0 saturated carbocycles. The Hall–Kier alpha value is -3.48. The lowest BCUT2D eigenvalue weighted by molar-refractivity contribution is -0.144. The van der Waals surface area contributed by atoms with Crippen molar-refractivity contribution in [3.05, 3.63) is 59.2 Å².